The first-order valence-corrected chi connectivity index (χ1v) is 12.4. The number of nitrogens with zero attached hydrogens (tertiary/aromatic N) is 2. The van der Waals surface area contributed by atoms with E-state index >= 15 is 0 Å². The number of fused-ring (bicyclic) bond motifs is 1. The molecule has 4 rings (SSSR count). The van der Waals surface area contributed by atoms with Gasteiger partial charge in [0.25, 0.3) is 10.0 Å². The van der Waals surface area contributed by atoms with Crippen LogP contribution in [0.4, 0.5) is 5.69 Å². The van der Waals surface area contributed by atoms with Crippen molar-refractivity contribution in [2.75, 3.05) is 24.4 Å². The second-order valence-electron chi connectivity index (χ2n) is 7.78. The number of aromatic nitrogens is 3. The van der Waals surface area contributed by atoms with Gasteiger partial charge < -0.3 is 19.7 Å². The number of hydrogen-bond donors (Lipinski definition) is 4. The van der Waals surface area contributed by atoms with E-state index in [9.17, 15) is 13.5 Å². The number of benzene rings is 2. The van der Waals surface area contributed by atoms with Crippen LogP contribution in [-0.4, -0.2) is 48.6 Å². The SMILES string of the molecule is CCc1n[nH]c2cc(OCCNC[C@H](O)c3cccc(NS(=O)(=O)c4cnoc4C)c3)ccc12. The lowest BCUT2D eigenvalue weighted by atomic mass is 10.1. The summed E-state index contributed by atoms with van der Waals surface area (Å²) >= 11 is 0. The highest BCUT2D eigenvalue weighted by Crippen LogP contribution is 2.23. The summed E-state index contributed by atoms with van der Waals surface area (Å²) in [5.41, 5.74) is 2.88. The molecule has 10 nitrogen and oxygen atoms in total. The monoisotopic (exact) mass is 485 g/mol. The van der Waals surface area contributed by atoms with Gasteiger partial charge in [0.15, 0.2) is 5.76 Å². The number of sulfonamides is 1. The van der Waals surface area contributed by atoms with Gasteiger partial charge in [0.1, 0.15) is 17.3 Å². The molecule has 2 heterocycles. The molecule has 0 fully saturated rings. The third kappa shape index (κ3) is 5.38. The number of nitrogens with one attached hydrogen (secondary N) is 3. The molecule has 0 amide bonds. The van der Waals surface area contributed by atoms with Crippen molar-refractivity contribution in [2.45, 2.75) is 31.3 Å². The largest absolute Gasteiger partial charge is 0.492 e. The topological polar surface area (TPSA) is 142 Å². The Balaban J connectivity index is 1.26. The van der Waals surface area contributed by atoms with Crippen LogP contribution in [0.2, 0.25) is 0 Å². The van der Waals surface area contributed by atoms with Crippen molar-refractivity contribution in [1.29, 1.82) is 0 Å². The Hall–Kier alpha value is -3.41. The summed E-state index contributed by atoms with van der Waals surface area (Å²) in [7, 11) is -3.83. The van der Waals surface area contributed by atoms with Crippen LogP contribution in [0.25, 0.3) is 10.9 Å². The molecule has 0 unspecified atom stereocenters. The molecule has 0 aliphatic rings. The van der Waals surface area contributed by atoms with E-state index in [0.29, 0.717) is 24.4 Å². The van der Waals surface area contributed by atoms with Crippen LogP contribution >= 0.6 is 0 Å². The fourth-order valence-electron chi connectivity index (χ4n) is 3.58. The van der Waals surface area contributed by atoms with Crippen molar-refractivity contribution in [3.8, 4) is 5.75 Å². The molecule has 0 aliphatic heterocycles. The second-order valence-corrected chi connectivity index (χ2v) is 9.43. The minimum Gasteiger partial charge on any atom is -0.492 e. The fraction of sp³-hybridized carbons (Fsp3) is 0.304. The normalized spacial score (nSPS) is 12.7. The number of H-pyrrole nitrogens is 1. The molecule has 0 bridgehead atoms. The molecular weight excluding hydrogens is 458 g/mol. The van der Waals surface area contributed by atoms with Crippen LogP contribution in [0, 0.1) is 6.92 Å². The first-order chi connectivity index (χ1) is 16.4. The third-order valence-corrected chi connectivity index (χ3v) is 6.83. The molecular formula is C23H27N5O5S. The maximum Gasteiger partial charge on any atom is 0.267 e. The van der Waals surface area contributed by atoms with E-state index < -0.39 is 16.1 Å². The molecule has 0 radical (unpaired) electrons. The molecule has 2 aromatic carbocycles. The summed E-state index contributed by atoms with van der Waals surface area (Å²) in [4.78, 5) is -0.0300. The molecule has 11 heteroatoms. The molecule has 4 N–H and O–H groups in total. The van der Waals surface area contributed by atoms with Gasteiger partial charge in [-0.3, -0.25) is 9.82 Å². The summed E-state index contributed by atoms with van der Waals surface area (Å²) in [6, 6.07) is 12.4. The summed E-state index contributed by atoms with van der Waals surface area (Å²) in [5.74, 6) is 0.939. The Kier molecular flexibility index (Phi) is 7.15. The van der Waals surface area contributed by atoms with Crippen molar-refractivity contribution in [2.24, 2.45) is 0 Å². The zero-order chi connectivity index (χ0) is 24.1. The predicted octanol–water partition coefficient (Wildman–Crippen LogP) is 2.92. The molecule has 180 valence electrons. The molecule has 0 saturated heterocycles. The Morgan fingerprint density at radius 1 is 1.24 bits per heavy atom. The van der Waals surface area contributed by atoms with Crippen molar-refractivity contribution in [3.63, 3.8) is 0 Å². The van der Waals surface area contributed by atoms with E-state index in [2.05, 4.69) is 32.3 Å². The molecule has 0 spiro atoms. The van der Waals surface area contributed by atoms with Gasteiger partial charge >= 0.3 is 0 Å². The lowest BCUT2D eigenvalue weighted by molar-refractivity contribution is 0.172. The maximum absolute atomic E-state index is 12.5. The lowest BCUT2D eigenvalue weighted by Crippen LogP contribution is -2.26. The molecule has 4 aromatic rings. The number of aliphatic hydroxyl groups excluding tert-OH is 1. The van der Waals surface area contributed by atoms with Crippen molar-refractivity contribution in [3.05, 3.63) is 65.7 Å². The van der Waals surface area contributed by atoms with Gasteiger partial charge in [0.2, 0.25) is 0 Å². The molecule has 34 heavy (non-hydrogen) atoms. The second kappa shape index (κ2) is 10.2. The van der Waals surface area contributed by atoms with E-state index in [1.54, 1.807) is 24.3 Å². The Morgan fingerprint density at radius 3 is 2.85 bits per heavy atom. The van der Waals surface area contributed by atoms with Crippen LogP contribution in [0.1, 0.15) is 30.0 Å². The van der Waals surface area contributed by atoms with Gasteiger partial charge in [-0.1, -0.05) is 24.2 Å². The first kappa shape index (κ1) is 23.7. The lowest BCUT2D eigenvalue weighted by Gasteiger charge is -2.14. The number of aliphatic hydroxyl groups is 1. The van der Waals surface area contributed by atoms with Crippen molar-refractivity contribution < 1.29 is 22.8 Å². The number of hydrogen-bond acceptors (Lipinski definition) is 8. The van der Waals surface area contributed by atoms with E-state index in [4.69, 9.17) is 9.26 Å². The summed E-state index contributed by atoms with van der Waals surface area (Å²) in [5, 5.41) is 25.6. The number of aromatic amines is 1. The van der Waals surface area contributed by atoms with Crippen LogP contribution in [0.3, 0.4) is 0 Å². The standard InChI is InChI=1S/C23H27N5O5S/c1-3-20-19-8-7-18(12-21(19)27-26-20)32-10-9-24-13-22(29)16-5-4-6-17(11-16)28-34(30,31)23-14-25-33-15(23)2/h4-8,11-12,14,22,24,28-29H,3,9-10,13H2,1-2H3,(H,26,27)/t22-/m0/s1. The Bertz CT molecular complexity index is 1370. The van der Waals surface area contributed by atoms with Gasteiger partial charge in [0.05, 0.1) is 23.5 Å². The zero-order valence-corrected chi connectivity index (χ0v) is 19.7. The zero-order valence-electron chi connectivity index (χ0n) is 18.9. The molecule has 0 saturated carbocycles. The molecule has 1 atom stereocenters. The van der Waals surface area contributed by atoms with Crippen LogP contribution in [0.5, 0.6) is 5.75 Å². The summed E-state index contributed by atoms with van der Waals surface area (Å²) in [6.45, 7) is 4.82. The fourth-order valence-corrected chi connectivity index (χ4v) is 4.72. The highest BCUT2D eigenvalue weighted by Gasteiger charge is 2.21. The van der Waals surface area contributed by atoms with Gasteiger partial charge in [-0.25, -0.2) is 8.42 Å². The number of anilines is 1. The van der Waals surface area contributed by atoms with E-state index in [1.165, 1.54) is 6.92 Å². The predicted molar refractivity (Wildman–Crippen MR) is 127 cm³/mol. The average molecular weight is 486 g/mol. The third-order valence-electron chi connectivity index (χ3n) is 5.35. The van der Waals surface area contributed by atoms with Gasteiger partial charge in [-0.15, -0.1) is 0 Å². The Morgan fingerprint density at radius 2 is 2.09 bits per heavy atom. The van der Waals surface area contributed by atoms with Crippen LogP contribution < -0.4 is 14.8 Å². The van der Waals surface area contributed by atoms with Crippen LogP contribution in [-0.2, 0) is 16.4 Å². The highest BCUT2D eigenvalue weighted by atomic mass is 32.2. The quantitative estimate of drug-likeness (QED) is 0.238. The summed E-state index contributed by atoms with van der Waals surface area (Å²) in [6.07, 6.45) is 1.19. The number of aryl methyl sites for hydroxylation is 2. The van der Waals surface area contributed by atoms with E-state index in [-0.39, 0.29) is 17.2 Å². The van der Waals surface area contributed by atoms with Crippen molar-refractivity contribution in [1.82, 2.24) is 20.7 Å². The Labute approximate surface area is 197 Å². The van der Waals surface area contributed by atoms with Crippen LogP contribution in [0.15, 0.2) is 58.1 Å². The molecule has 2 aromatic heterocycles. The van der Waals surface area contributed by atoms with Gasteiger partial charge in [-0.05, 0) is 43.2 Å². The summed E-state index contributed by atoms with van der Waals surface area (Å²) < 4.78 is 38.1. The minimum atomic E-state index is -3.83. The maximum atomic E-state index is 12.5. The van der Waals surface area contributed by atoms with E-state index in [0.717, 1.165) is 35.0 Å². The highest BCUT2D eigenvalue weighted by molar-refractivity contribution is 7.92. The average Bonchev–Trinajstić information content (AvgIpc) is 3.44. The van der Waals surface area contributed by atoms with E-state index in [1.807, 2.05) is 18.2 Å². The minimum absolute atomic E-state index is 0.0300. The first-order valence-electron chi connectivity index (χ1n) is 10.9. The number of ether oxygens (including phenoxy) is 1. The van der Waals surface area contributed by atoms with Gasteiger partial charge in [-0.2, -0.15) is 5.10 Å². The molecule has 0 aliphatic carbocycles. The smallest absolute Gasteiger partial charge is 0.267 e. The van der Waals surface area contributed by atoms with Gasteiger partial charge in [0, 0.05) is 30.2 Å². The number of rotatable bonds is 11. The van der Waals surface area contributed by atoms with Crippen molar-refractivity contribution >= 4 is 26.6 Å².